The summed E-state index contributed by atoms with van der Waals surface area (Å²) in [7, 11) is 0. The Hall–Kier alpha value is -1.26. The molecule has 5 rings (SSSR count). The third-order valence-corrected chi connectivity index (χ3v) is 7.87. The van der Waals surface area contributed by atoms with E-state index in [1.54, 1.807) is 0 Å². The van der Waals surface area contributed by atoms with Crippen LogP contribution in [0.1, 0.15) is 71.6 Å². The molecule has 0 aromatic carbocycles. The Kier molecular flexibility index (Phi) is 5.39. The maximum Gasteiger partial charge on any atom is 0.319 e. The molecule has 27 heavy (non-hydrogen) atoms. The molecule has 1 saturated heterocycles. The lowest BCUT2D eigenvalue weighted by molar-refractivity contribution is -0.130. The minimum Gasteiger partial charge on any atom is -0.353 e. The second-order valence-corrected chi connectivity index (χ2v) is 9.88. The van der Waals surface area contributed by atoms with Gasteiger partial charge >= 0.3 is 6.03 Å². The van der Waals surface area contributed by atoms with Gasteiger partial charge in [-0.2, -0.15) is 0 Å². The zero-order chi connectivity index (χ0) is 19.0. The highest BCUT2D eigenvalue weighted by Crippen LogP contribution is 2.61. The molecule has 0 aromatic heterocycles. The summed E-state index contributed by atoms with van der Waals surface area (Å²) in [5.74, 6) is 2.97. The average Bonchev–Trinajstić information content (AvgIpc) is 2.61. The van der Waals surface area contributed by atoms with E-state index in [4.69, 9.17) is 0 Å². The first kappa shape index (κ1) is 19.1. The molecular formula is C22H37N3O2. The van der Waals surface area contributed by atoms with Gasteiger partial charge in [-0.3, -0.25) is 4.79 Å². The number of urea groups is 1. The van der Waals surface area contributed by atoms with Crippen molar-refractivity contribution in [2.75, 3.05) is 26.2 Å². The Morgan fingerprint density at radius 3 is 1.96 bits per heavy atom. The number of hydrogen-bond acceptors (Lipinski definition) is 2. The lowest BCUT2D eigenvalue weighted by Crippen LogP contribution is -2.52. The maximum atomic E-state index is 12.8. The van der Waals surface area contributed by atoms with Gasteiger partial charge in [-0.1, -0.05) is 0 Å². The zero-order valence-corrected chi connectivity index (χ0v) is 17.2. The Morgan fingerprint density at radius 2 is 1.48 bits per heavy atom. The van der Waals surface area contributed by atoms with Crippen LogP contribution in [0, 0.1) is 23.2 Å². The Labute approximate surface area is 164 Å². The molecule has 5 aliphatic rings. The Balaban J connectivity index is 1.25. The maximum absolute atomic E-state index is 12.8. The van der Waals surface area contributed by atoms with Crippen molar-refractivity contribution in [3.05, 3.63) is 0 Å². The molecule has 5 nitrogen and oxygen atoms in total. The van der Waals surface area contributed by atoms with E-state index in [1.165, 1.54) is 38.5 Å². The summed E-state index contributed by atoms with van der Waals surface area (Å²) >= 11 is 0. The van der Waals surface area contributed by atoms with E-state index in [-0.39, 0.29) is 18.0 Å². The zero-order valence-electron chi connectivity index (χ0n) is 17.2. The molecule has 1 N–H and O–H groups in total. The van der Waals surface area contributed by atoms with E-state index >= 15 is 0 Å². The van der Waals surface area contributed by atoms with Crippen LogP contribution in [-0.2, 0) is 4.79 Å². The van der Waals surface area contributed by atoms with Crippen molar-refractivity contribution in [2.45, 2.75) is 77.7 Å². The molecule has 152 valence electrons. The van der Waals surface area contributed by atoms with Gasteiger partial charge in [0.25, 0.3) is 0 Å². The van der Waals surface area contributed by atoms with E-state index < -0.39 is 0 Å². The van der Waals surface area contributed by atoms with Gasteiger partial charge in [0.1, 0.15) is 0 Å². The number of amides is 3. The Morgan fingerprint density at radius 1 is 0.963 bits per heavy atom. The number of likely N-dealkylation sites (tertiary alicyclic amines) is 1. The van der Waals surface area contributed by atoms with Gasteiger partial charge in [0.05, 0.1) is 0 Å². The molecule has 0 atom stereocenters. The van der Waals surface area contributed by atoms with Crippen molar-refractivity contribution in [3.8, 4) is 0 Å². The lowest BCUT2D eigenvalue weighted by atomic mass is 9.49. The van der Waals surface area contributed by atoms with Crippen LogP contribution in [0.3, 0.4) is 0 Å². The van der Waals surface area contributed by atoms with Gasteiger partial charge in [-0.25, -0.2) is 4.79 Å². The van der Waals surface area contributed by atoms with Gasteiger partial charge in [-0.15, -0.1) is 0 Å². The Bertz CT molecular complexity index is 529. The SMILES string of the molecule is CCN(CC)C(=O)N1CCC(NC(=O)CC23CC4CC(CC(C4)C2)C3)CC1. The van der Waals surface area contributed by atoms with Crippen LogP contribution in [0.4, 0.5) is 4.79 Å². The summed E-state index contributed by atoms with van der Waals surface area (Å²) in [6.45, 7) is 7.10. The molecule has 5 heteroatoms. The number of piperidine rings is 1. The van der Waals surface area contributed by atoms with Crippen LogP contribution < -0.4 is 5.32 Å². The van der Waals surface area contributed by atoms with Gasteiger partial charge in [-0.05, 0) is 88.4 Å². The molecule has 4 aliphatic carbocycles. The van der Waals surface area contributed by atoms with Gasteiger partial charge < -0.3 is 15.1 Å². The average molecular weight is 376 g/mol. The third kappa shape index (κ3) is 3.97. The summed E-state index contributed by atoms with van der Waals surface area (Å²) in [6.07, 6.45) is 10.7. The second-order valence-electron chi connectivity index (χ2n) is 9.88. The second kappa shape index (κ2) is 7.63. The number of carbonyl (C=O) groups excluding carboxylic acids is 2. The third-order valence-electron chi connectivity index (χ3n) is 7.87. The lowest BCUT2D eigenvalue weighted by Gasteiger charge is -2.56. The van der Waals surface area contributed by atoms with Crippen molar-refractivity contribution in [2.24, 2.45) is 23.2 Å². The highest BCUT2D eigenvalue weighted by Gasteiger charge is 2.51. The van der Waals surface area contributed by atoms with E-state index in [2.05, 4.69) is 5.32 Å². The number of hydrogen-bond donors (Lipinski definition) is 1. The monoisotopic (exact) mass is 375 g/mol. The van der Waals surface area contributed by atoms with Crippen LogP contribution in [0.25, 0.3) is 0 Å². The first-order valence-corrected chi connectivity index (χ1v) is 11.3. The van der Waals surface area contributed by atoms with Gasteiger partial charge in [0.15, 0.2) is 0 Å². The van der Waals surface area contributed by atoms with Crippen molar-refractivity contribution >= 4 is 11.9 Å². The summed E-state index contributed by atoms with van der Waals surface area (Å²) in [4.78, 5) is 29.1. The highest BCUT2D eigenvalue weighted by atomic mass is 16.2. The van der Waals surface area contributed by atoms with Crippen molar-refractivity contribution in [1.82, 2.24) is 15.1 Å². The molecule has 1 heterocycles. The van der Waals surface area contributed by atoms with Gasteiger partial charge in [0.2, 0.25) is 5.91 Å². The number of rotatable bonds is 5. The smallest absolute Gasteiger partial charge is 0.319 e. The number of nitrogens with one attached hydrogen (secondary N) is 1. The summed E-state index contributed by atoms with van der Waals surface area (Å²) in [5, 5.41) is 3.32. The first-order chi connectivity index (χ1) is 13.0. The van der Waals surface area contributed by atoms with Gasteiger partial charge in [0, 0.05) is 38.6 Å². The largest absolute Gasteiger partial charge is 0.353 e. The predicted molar refractivity (Wildman–Crippen MR) is 106 cm³/mol. The fourth-order valence-corrected chi connectivity index (χ4v) is 7.04. The minimum absolute atomic E-state index is 0.151. The summed E-state index contributed by atoms with van der Waals surface area (Å²) < 4.78 is 0. The fraction of sp³-hybridized carbons (Fsp3) is 0.909. The molecule has 3 amide bonds. The predicted octanol–water partition coefficient (Wildman–Crippen LogP) is 3.64. The fourth-order valence-electron chi connectivity index (χ4n) is 7.04. The van der Waals surface area contributed by atoms with Crippen molar-refractivity contribution in [1.29, 1.82) is 0 Å². The molecule has 0 unspecified atom stereocenters. The summed E-state index contributed by atoms with van der Waals surface area (Å²) in [6, 6.07) is 0.394. The minimum atomic E-state index is 0.151. The first-order valence-electron chi connectivity index (χ1n) is 11.3. The molecule has 5 fully saturated rings. The molecule has 0 aromatic rings. The van der Waals surface area contributed by atoms with Crippen LogP contribution in [0.15, 0.2) is 0 Å². The molecule has 4 saturated carbocycles. The topological polar surface area (TPSA) is 52.7 Å². The van der Waals surface area contributed by atoms with Crippen molar-refractivity contribution in [3.63, 3.8) is 0 Å². The van der Waals surface area contributed by atoms with Crippen LogP contribution in [0.5, 0.6) is 0 Å². The standard InChI is InChI=1S/C22H37N3O2/c1-3-24(4-2)21(27)25-7-5-19(6-8-25)23-20(26)15-22-12-16-9-17(13-22)11-18(10-16)14-22/h16-19H,3-15H2,1-2H3,(H,23,26). The van der Waals surface area contributed by atoms with Crippen LogP contribution in [-0.4, -0.2) is 54.0 Å². The van der Waals surface area contributed by atoms with E-state index in [1.807, 2.05) is 23.6 Å². The van der Waals surface area contributed by atoms with E-state index in [0.717, 1.165) is 63.2 Å². The summed E-state index contributed by atoms with van der Waals surface area (Å²) in [5.41, 5.74) is 0.318. The van der Waals surface area contributed by atoms with Crippen LogP contribution in [0.2, 0.25) is 0 Å². The number of carbonyl (C=O) groups is 2. The molecule has 4 bridgehead atoms. The number of nitrogens with zero attached hydrogens (tertiary/aromatic N) is 2. The van der Waals surface area contributed by atoms with E-state index in [0.29, 0.717) is 5.41 Å². The molecule has 1 aliphatic heterocycles. The molecular weight excluding hydrogens is 338 g/mol. The van der Waals surface area contributed by atoms with Crippen LogP contribution >= 0.6 is 0 Å². The normalized spacial score (nSPS) is 35.3. The molecule has 0 spiro atoms. The van der Waals surface area contributed by atoms with E-state index in [9.17, 15) is 9.59 Å². The van der Waals surface area contributed by atoms with Crippen molar-refractivity contribution < 1.29 is 9.59 Å². The quantitative estimate of drug-likeness (QED) is 0.798. The molecule has 0 radical (unpaired) electrons. The highest BCUT2D eigenvalue weighted by molar-refractivity contribution is 5.77.